The number of amides is 2. The molecule has 3 rings (SSSR count). The van der Waals surface area contributed by atoms with Gasteiger partial charge in [0.2, 0.25) is 5.91 Å². The number of hydrogen-bond acceptors (Lipinski definition) is 3. The van der Waals surface area contributed by atoms with E-state index in [9.17, 15) is 18.4 Å². The van der Waals surface area contributed by atoms with Crippen molar-refractivity contribution in [2.75, 3.05) is 5.32 Å². The number of rotatable bonds is 5. The van der Waals surface area contributed by atoms with Crippen molar-refractivity contribution in [3.8, 4) is 0 Å². The van der Waals surface area contributed by atoms with E-state index in [-0.39, 0.29) is 17.7 Å². The highest BCUT2D eigenvalue weighted by molar-refractivity contribution is 7.18. The molecule has 1 fully saturated rings. The van der Waals surface area contributed by atoms with Crippen LogP contribution in [-0.2, 0) is 4.79 Å². The molecule has 2 amide bonds. The van der Waals surface area contributed by atoms with Crippen molar-refractivity contribution < 1.29 is 18.4 Å². The number of anilines is 1. The van der Waals surface area contributed by atoms with Crippen LogP contribution in [0.2, 0.25) is 0 Å². The van der Waals surface area contributed by atoms with Crippen LogP contribution in [0.3, 0.4) is 0 Å². The second kappa shape index (κ2) is 6.68. The molecule has 0 unspecified atom stereocenters. The fraction of sp³-hybridized carbons (Fsp3) is 0.294. The minimum absolute atomic E-state index is 0.0148. The molecule has 7 heteroatoms. The molecule has 0 radical (unpaired) electrons. The molecule has 1 aliphatic rings. The highest BCUT2D eigenvalue weighted by atomic mass is 32.1. The van der Waals surface area contributed by atoms with Gasteiger partial charge in [-0.3, -0.25) is 9.59 Å². The van der Waals surface area contributed by atoms with Crippen molar-refractivity contribution in [1.29, 1.82) is 0 Å². The monoisotopic (exact) mass is 350 g/mol. The molecule has 0 saturated heterocycles. The maximum Gasteiger partial charge on any atom is 0.261 e. The maximum atomic E-state index is 13.3. The molecule has 1 aromatic heterocycles. The fourth-order valence-corrected chi connectivity index (χ4v) is 3.04. The number of hydrogen-bond donors (Lipinski definition) is 2. The predicted octanol–water partition coefficient (Wildman–Crippen LogP) is 3.87. The summed E-state index contributed by atoms with van der Waals surface area (Å²) < 4.78 is 26.2. The van der Waals surface area contributed by atoms with Crippen LogP contribution in [0, 0.1) is 17.6 Å². The van der Waals surface area contributed by atoms with Gasteiger partial charge < -0.3 is 10.6 Å². The summed E-state index contributed by atoms with van der Waals surface area (Å²) in [6, 6.07) is 6.36. The van der Waals surface area contributed by atoms with Crippen molar-refractivity contribution in [1.82, 2.24) is 5.32 Å². The summed E-state index contributed by atoms with van der Waals surface area (Å²) in [5.41, 5.74) is 0.473. The SMILES string of the molecule is C[C@@H](NC(=O)c1ccc(NC(=O)C2CC2)s1)c1ccc(F)c(F)c1. The van der Waals surface area contributed by atoms with Gasteiger partial charge in [0.25, 0.3) is 5.91 Å². The minimum Gasteiger partial charge on any atom is -0.345 e. The average molecular weight is 350 g/mol. The third kappa shape index (κ3) is 3.79. The Morgan fingerprint density at radius 3 is 2.58 bits per heavy atom. The Balaban J connectivity index is 1.62. The maximum absolute atomic E-state index is 13.3. The summed E-state index contributed by atoms with van der Waals surface area (Å²) in [7, 11) is 0. The summed E-state index contributed by atoms with van der Waals surface area (Å²) in [5.74, 6) is -2.12. The van der Waals surface area contributed by atoms with Gasteiger partial charge in [0.15, 0.2) is 11.6 Å². The van der Waals surface area contributed by atoms with Crippen LogP contribution in [0.5, 0.6) is 0 Å². The van der Waals surface area contributed by atoms with Crippen LogP contribution in [0.25, 0.3) is 0 Å². The van der Waals surface area contributed by atoms with Gasteiger partial charge in [0.1, 0.15) is 0 Å². The molecular weight excluding hydrogens is 334 g/mol. The molecule has 1 atom stereocenters. The van der Waals surface area contributed by atoms with Crippen molar-refractivity contribution in [2.45, 2.75) is 25.8 Å². The number of benzene rings is 1. The first kappa shape index (κ1) is 16.6. The first-order valence-electron chi connectivity index (χ1n) is 7.60. The second-order valence-corrected chi connectivity index (χ2v) is 6.88. The van der Waals surface area contributed by atoms with Gasteiger partial charge in [-0.25, -0.2) is 8.78 Å². The normalized spacial score (nSPS) is 15.0. The molecular formula is C17H16F2N2O2S. The Kier molecular flexibility index (Phi) is 4.62. The zero-order chi connectivity index (χ0) is 17.3. The number of carbonyl (C=O) groups excluding carboxylic acids is 2. The summed E-state index contributed by atoms with van der Waals surface area (Å²) in [6.45, 7) is 1.69. The van der Waals surface area contributed by atoms with Crippen LogP contribution in [0.4, 0.5) is 13.8 Å². The van der Waals surface area contributed by atoms with E-state index in [0.29, 0.717) is 15.4 Å². The Hall–Kier alpha value is -2.28. The van der Waals surface area contributed by atoms with E-state index in [1.807, 2.05) is 0 Å². The van der Waals surface area contributed by atoms with Crippen LogP contribution in [-0.4, -0.2) is 11.8 Å². The molecule has 0 aliphatic heterocycles. The molecule has 2 aromatic rings. The first-order chi connectivity index (χ1) is 11.4. The van der Waals surface area contributed by atoms with Gasteiger partial charge in [0, 0.05) is 5.92 Å². The third-order valence-electron chi connectivity index (χ3n) is 3.82. The van der Waals surface area contributed by atoms with Gasteiger partial charge in [-0.1, -0.05) is 6.07 Å². The Bertz CT molecular complexity index is 787. The van der Waals surface area contributed by atoms with Crippen molar-refractivity contribution in [3.05, 3.63) is 52.4 Å². The van der Waals surface area contributed by atoms with Gasteiger partial charge >= 0.3 is 0 Å². The van der Waals surface area contributed by atoms with E-state index in [1.165, 1.54) is 17.4 Å². The van der Waals surface area contributed by atoms with Crippen molar-refractivity contribution in [2.24, 2.45) is 5.92 Å². The zero-order valence-corrected chi connectivity index (χ0v) is 13.8. The highest BCUT2D eigenvalue weighted by Gasteiger charge is 2.29. The molecule has 0 spiro atoms. The van der Waals surface area contributed by atoms with E-state index in [2.05, 4.69) is 10.6 Å². The topological polar surface area (TPSA) is 58.2 Å². The molecule has 1 aliphatic carbocycles. The second-order valence-electron chi connectivity index (χ2n) is 5.80. The van der Waals surface area contributed by atoms with Gasteiger partial charge in [-0.15, -0.1) is 11.3 Å². The number of thiophene rings is 1. The Morgan fingerprint density at radius 2 is 1.92 bits per heavy atom. The number of nitrogens with one attached hydrogen (secondary N) is 2. The van der Waals surface area contributed by atoms with Crippen LogP contribution >= 0.6 is 11.3 Å². The lowest BCUT2D eigenvalue weighted by Crippen LogP contribution is -2.26. The molecule has 1 heterocycles. The minimum atomic E-state index is -0.949. The summed E-state index contributed by atoms with van der Waals surface area (Å²) in [6.07, 6.45) is 1.83. The van der Waals surface area contributed by atoms with Crippen LogP contribution in [0.1, 0.15) is 41.0 Å². The first-order valence-corrected chi connectivity index (χ1v) is 8.42. The quantitative estimate of drug-likeness (QED) is 0.860. The lowest BCUT2D eigenvalue weighted by molar-refractivity contribution is -0.117. The summed E-state index contributed by atoms with van der Waals surface area (Å²) in [5, 5.41) is 6.14. The number of halogens is 2. The Labute approximate surface area is 141 Å². The van der Waals surface area contributed by atoms with Gasteiger partial charge in [-0.2, -0.15) is 0 Å². The smallest absolute Gasteiger partial charge is 0.261 e. The molecule has 2 N–H and O–H groups in total. The molecule has 0 bridgehead atoms. The van der Waals surface area contributed by atoms with Crippen LogP contribution in [0.15, 0.2) is 30.3 Å². The van der Waals surface area contributed by atoms with E-state index >= 15 is 0 Å². The Morgan fingerprint density at radius 1 is 1.17 bits per heavy atom. The van der Waals surface area contributed by atoms with Gasteiger partial charge in [-0.05, 0) is 49.6 Å². The lowest BCUT2D eigenvalue weighted by Gasteiger charge is -2.13. The van der Waals surface area contributed by atoms with E-state index < -0.39 is 17.7 Å². The summed E-state index contributed by atoms with van der Waals surface area (Å²) >= 11 is 1.18. The van der Waals surface area contributed by atoms with E-state index in [4.69, 9.17) is 0 Å². The molecule has 126 valence electrons. The average Bonchev–Trinajstić information content (AvgIpc) is 3.30. The third-order valence-corrected chi connectivity index (χ3v) is 4.82. The molecule has 1 saturated carbocycles. The fourth-order valence-electron chi connectivity index (χ4n) is 2.23. The zero-order valence-electron chi connectivity index (χ0n) is 12.9. The van der Waals surface area contributed by atoms with Gasteiger partial charge in [0.05, 0.1) is 15.9 Å². The predicted molar refractivity (Wildman–Crippen MR) is 87.9 cm³/mol. The molecule has 24 heavy (non-hydrogen) atoms. The highest BCUT2D eigenvalue weighted by Crippen LogP contribution is 2.31. The summed E-state index contributed by atoms with van der Waals surface area (Å²) in [4.78, 5) is 24.4. The largest absolute Gasteiger partial charge is 0.345 e. The van der Waals surface area contributed by atoms with E-state index in [0.717, 1.165) is 25.0 Å². The standard InChI is InChI=1S/C17H16F2N2O2S/c1-9(11-4-5-12(18)13(19)8-11)20-17(23)14-6-7-15(24-14)21-16(22)10-2-3-10/h4-10H,2-3H2,1H3,(H,20,23)(H,21,22)/t9-/m1/s1. The molecule has 4 nitrogen and oxygen atoms in total. The molecule has 1 aromatic carbocycles. The van der Waals surface area contributed by atoms with E-state index in [1.54, 1.807) is 19.1 Å². The lowest BCUT2D eigenvalue weighted by atomic mass is 10.1. The van der Waals surface area contributed by atoms with Crippen molar-refractivity contribution in [3.63, 3.8) is 0 Å². The van der Waals surface area contributed by atoms with Crippen LogP contribution < -0.4 is 10.6 Å². The van der Waals surface area contributed by atoms with Crippen molar-refractivity contribution >= 4 is 28.2 Å². The number of carbonyl (C=O) groups is 2.